The summed E-state index contributed by atoms with van der Waals surface area (Å²) in [7, 11) is 3.25. The van der Waals surface area contributed by atoms with Crippen molar-refractivity contribution in [2.24, 2.45) is 7.05 Å². The normalized spacial score (nSPS) is 11.1. The number of aryl methyl sites for hydroxylation is 1. The minimum atomic E-state index is -0.529. The van der Waals surface area contributed by atoms with Gasteiger partial charge in [0.1, 0.15) is 17.4 Å². The highest BCUT2D eigenvalue weighted by atomic mass is 35.5. The second-order valence-electron chi connectivity index (χ2n) is 6.43. The molecule has 0 spiro atoms. The van der Waals surface area contributed by atoms with Gasteiger partial charge in [0, 0.05) is 30.6 Å². The van der Waals surface area contributed by atoms with Crippen LogP contribution in [-0.2, 0) is 13.6 Å². The summed E-state index contributed by atoms with van der Waals surface area (Å²) < 4.78 is 20.7. The molecule has 5 nitrogen and oxygen atoms in total. The molecule has 4 rings (SSSR count). The molecule has 142 valence electrons. The van der Waals surface area contributed by atoms with Crippen molar-refractivity contribution in [2.75, 3.05) is 12.4 Å². The molecule has 2 aromatic heterocycles. The van der Waals surface area contributed by atoms with Gasteiger partial charge in [-0.1, -0.05) is 23.7 Å². The van der Waals surface area contributed by atoms with Crippen LogP contribution in [0.25, 0.3) is 21.7 Å². The average molecular weight is 398 g/mol. The van der Waals surface area contributed by atoms with Crippen molar-refractivity contribution in [1.82, 2.24) is 9.55 Å². The summed E-state index contributed by atoms with van der Waals surface area (Å²) in [6, 6.07) is 12.1. The van der Waals surface area contributed by atoms with E-state index >= 15 is 0 Å². The van der Waals surface area contributed by atoms with Gasteiger partial charge in [-0.05, 0) is 35.9 Å². The van der Waals surface area contributed by atoms with Gasteiger partial charge in [-0.3, -0.25) is 4.79 Å². The molecule has 0 atom stereocenters. The number of hydrogen-bond donors (Lipinski definition) is 1. The molecule has 2 heterocycles. The van der Waals surface area contributed by atoms with Gasteiger partial charge in [0.25, 0.3) is 5.56 Å². The Hall–Kier alpha value is -3.12. The van der Waals surface area contributed by atoms with Crippen molar-refractivity contribution in [3.8, 4) is 5.75 Å². The molecule has 0 aliphatic heterocycles. The number of methoxy groups -OCH3 is 1. The first kappa shape index (κ1) is 18.3. The van der Waals surface area contributed by atoms with Crippen molar-refractivity contribution >= 4 is 39.1 Å². The third kappa shape index (κ3) is 3.05. The van der Waals surface area contributed by atoms with Gasteiger partial charge in [-0.25, -0.2) is 9.37 Å². The van der Waals surface area contributed by atoms with Gasteiger partial charge in [-0.15, -0.1) is 0 Å². The molecule has 28 heavy (non-hydrogen) atoms. The lowest BCUT2D eigenvalue weighted by atomic mass is 10.1. The lowest BCUT2D eigenvalue weighted by molar-refractivity contribution is 0.414. The lowest BCUT2D eigenvalue weighted by Gasteiger charge is -2.13. The summed E-state index contributed by atoms with van der Waals surface area (Å²) in [5.74, 6) is 0.693. The smallest absolute Gasteiger partial charge is 0.262 e. The second-order valence-corrected chi connectivity index (χ2v) is 6.84. The fourth-order valence-electron chi connectivity index (χ4n) is 3.27. The minimum absolute atomic E-state index is 0.0197. The summed E-state index contributed by atoms with van der Waals surface area (Å²) in [4.78, 5) is 17.3. The molecule has 0 fully saturated rings. The standard InChI is InChI=1S/C21H17ClFN3O2/c1-26-18-10-16(22)17(23)9-15(18)14-7-8-24-20(19(14)21(26)27)25-11-12-3-5-13(28-2)6-4-12/h3-10H,11H2,1-2H3,(H,24,25). The van der Waals surface area contributed by atoms with E-state index in [1.807, 2.05) is 24.3 Å². The van der Waals surface area contributed by atoms with E-state index in [0.717, 1.165) is 11.3 Å². The first-order valence-electron chi connectivity index (χ1n) is 8.63. The van der Waals surface area contributed by atoms with E-state index in [0.29, 0.717) is 34.0 Å². The van der Waals surface area contributed by atoms with E-state index in [-0.39, 0.29) is 10.6 Å². The molecule has 0 aliphatic rings. The van der Waals surface area contributed by atoms with Crippen LogP contribution < -0.4 is 15.6 Å². The highest BCUT2D eigenvalue weighted by molar-refractivity contribution is 6.31. The van der Waals surface area contributed by atoms with Gasteiger partial charge in [-0.2, -0.15) is 0 Å². The topological polar surface area (TPSA) is 56.1 Å². The average Bonchev–Trinajstić information content (AvgIpc) is 2.72. The van der Waals surface area contributed by atoms with Crippen LogP contribution in [0.4, 0.5) is 10.2 Å². The fraction of sp³-hybridized carbons (Fsp3) is 0.143. The molecule has 0 saturated heterocycles. The maximum Gasteiger partial charge on any atom is 0.262 e. The lowest BCUT2D eigenvalue weighted by Crippen LogP contribution is -2.19. The predicted molar refractivity (Wildman–Crippen MR) is 110 cm³/mol. The van der Waals surface area contributed by atoms with Crippen LogP contribution in [-0.4, -0.2) is 16.7 Å². The highest BCUT2D eigenvalue weighted by Crippen LogP contribution is 2.29. The predicted octanol–water partition coefficient (Wildman–Crippen LogP) is 4.50. The third-order valence-corrected chi connectivity index (χ3v) is 5.07. The SMILES string of the molecule is COc1ccc(CNc2nccc3c2c(=O)n(C)c2cc(Cl)c(F)cc32)cc1. The minimum Gasteiger partial charge on any atom is -0.497 e. The molecule has 4 aromatic rings. The Kier molecular flexibility index (Phi) is 4.65. The summed E-state index contributed by atoms with van der Waals surface area (Å²) in [5, 5.41) is 4.84. The zero-order chi connectivity index (χ0) is 19.8. The number of anilines is 1. The second kappa shape index (κ2) is 7.13. The van der Waals surface area contributed by atoms with Crippen LogP contribution in [0.15, 0.2) is 53.5 Å². The molecule has 1 N–H and O–H groups in total. The number of pyridine rings is 2. The zero-order valence-corrected chi connectivity index (χ0v) is 16.0. The Morgan fingerprint density at radius 3 is 2.64 bits per heavy atom. The van der Waals surface area contributed by atoms with E-state index in [9.17, 15) is 9.18 Å². The van der Waals surface area contributed by atoms with Gasteiger partial charge >= 0.3 is 0 Å². The van der Waals surface area contributed by atoms with Gasteiger partial charge in [0.2, 0.25) is 0 Å². The van der Waals surface area contributed by atoms with Crippen molar-refractivity contribution in [2.45, 2.75) is 6.54 Å². The maximum absolute atomic E-state index is 14.1. The van der Waals surface area contributed by atoms with Crippen LogP contribution in [0, 0.1) is 5.82 Å². The fourth-order valence-corrected chi connectivity index (χ4v) is 3.43. The molecular weight excluding hydrogens is 381 g/mol. The molecular formula is C21H17ClFN3O2. The molecule has 7 heteroatoms. The maximum atomic E-state index is 14.1. The molecule has 0 aliphatic carbocycles. The van der Waals surface area contributed by atoms with Crippen LogP contribution in [0.1, 0.15) is 5.56 Å². The van der Waals surface area contributed by atoms with Gasteiger partial charge in [0.15, 0.2) is 0 Å². The molecule has 0 radical (unpaired) electrons. The third-order valence-electron chi connectivity index (χ3n) is 4.78. The van der Waals surface area contributed by atoms with E-state index in [1.165, 1.54) is 16.7 Å². The Bertz CT molecular complexity index is 1250. The Labute approximate surface area is 165 Å². The number of nitrogens with zero attached hydrogens (tertiary/aromatic N) is 2. The van der Waals surface area contributed by atoms with Crippen molar-refractivity contribution in [3.05, 3.63) is 75.4 Å². The van der Waals surface area contributed by atoms with E-state index in [2.05, 4.69) is 10.3 Å². The van der Waals surface area contributed by atoms with Crippen LogP contribution >= 0.6 is 11.6 Å². The number of ether oxygens (including phenoxy) is 1. The van der Waals surface area contributed by atoms with E-state index < -0.39 is 5.82 Å². The zero-order valence-electron chi connectivity index (χ0n) is 15.3. The number of aromatic nitrogens is 2. The molecule has 0 bridgehead atoms. The summed E-state index contributed by atoms with van der Waals surface area (Å²) >= 11 is 5.91. The van der Waals surface area contributed by atoms with Crippen LogP contribution in [0.2, 0.25) is 5.02 Å². The number of nitrogens with one attached hydrogen (secondary N) is 1. The van der Waals surface area contributed by atoms with Gasteiger partial charge < -0.3 is 14.6 Å². The van der Waals surface area contributed by atoms with Crippen LogP contribution in [0.5, 0.6) is 5.75 Å². The number of halogens is 2. The van der Waals surface area contributed by atoms with Crippen molar-refractivity contribution < 1.29 is 9.13 Å². The first-order chi connectivity index (χ1) is 13.5. The number of benzene rings is 2. The number of hydrogen-bond acceptors (Lipinski definition) is 4. The molecule has 0 amide bonds. The van der Waals surface area contributed by atoms with E-state index in [1.54, 1.807) is 26.4 Å². The summed E-state index contributed by atoms with van der Waals surface area (Å²) in [6.07, 6.45) is 1.60. The number of fused-ring (bicyclic) bond motifs is 3. The summed E-state index contributed by atoms with van der Waals surface area (Å²) in [6.45, 7) is 0.478. The van der Waals surface area contributed by atoms with Crippen LogP contribution in [0.3, 0.4) is 0 Å². The van der Waals surface area contributed by atoms with E-state index in [4.69, 9.17) is 16.3 Å². The van der Waals surface area contributed by atoms with Crippen molar-refractivity contribution in [3.63, 3.8) is 0 Å². The Morgan fingerprint density at radius 2 is 1.93 bits per heavy atom. The Morgan fingerprint density at radius 1 is 1.18 bits per heavy atom. The first-order valence-corrected chi connectivity index (χ1v) is 9.00. The Balaban J connectivity index is 1.83. The highest BCUT2D eigenvalue weighted by Gasteiger charge is 2.15. The molecule has 2 aromatic carbocycles. The van der Waals surface area contributed by atoms with Gasteiger partial charge in [0.05, 0.1) is 23.0 Å². The monoisotopic (exact) mass is 397 g/mol. The summed E-state index contributed by atoms with van der Waals surface area (Å²) in [5.41, 5.74) is 1.35. The molecule has 0 unspecified atom stereocenters. The number of rotatable bonds is 4. The van der Waals surface area contributed by atoms with Crippen molar-refractivity contribution in [1.29, 1.82) is 0 Å². The molecule has 0 saturated carbocycles. The quantitative estimate of drug-likeness (QED) is 0.515. The largest absolute Gasteiger partial charge is 0.497 e.